The molecular weight excluding hydrogens is 254 g/mol. The normalized spacial score (nSPS) is 30.6. The van der Waals surface area contributed by atoms with E-state index < -0.39 is 0 Å². The van der Waals surface area contributed by atoms with Crippen molar-refractivity contribution in [2.45, 2.75) is 25.0 Å². The molecule has 2 saturated heterocycles. The van der Waals surface area contributed by atoms with E-state index in [9.17, 15) is 4.79 Å². The van der Waals surface area contributed by atoms with Crippen LogP contribution in [0, 0.1) is 5.92 Å². The number of carbonyl (C=O) groups excluding carboxylic acids is 1. The molecular formula is C15H21N3O2. The Morgan fingerprint density at radius 3 is 3.00 bits per heavy atom. The van der Waals surface area contributed by atoms with Gasteiger partial charge >= 0.3 is 0 Å². The van der Waals surface area contributed by atoms with Crippen LogP contribution in [-0.2, 0) is 4.74 Å². The maximum Gasteiger partial charge on any atom is 0.251 e. The summed E-state index contributed by atoms with van der Waals surface area (Å²) < 4.78 is 5.93. The van der Waals surface area contributed by atoms with E-state index in [1.807, 2.05) is 0 Å². The standard InChI is InChI=1S/C15H21N3O2/c1-18-9-12-3-2-8-20-14(12)13(10-18)17-15(19)11-4-6-16-7-5-11/h4-7,12-14H,2-3,8-10H2,1H3,(H,17,19)/t12-,13+,14-/m0/s1. The van der Waals surface area contributed by atoms with Crippen molar-refractivity contribution in [3.05, 3.63) is 30.1 Å². The average Bonchev–Trinajstić information content (AvgIpc) is 2.48. The summed E-state index contributed by atoms with van der Waals surface area (Å²) >= 11 is 0. The van der Waals surface area contributed by atoms with E-state index in [0.29, 0.717) is 11.5 Å². The third-order valence-electron chi connectivity index (χ3n) is 4.20. The van der Waals surface area contributed by atoms with Gasteiger partial charge in [-0.15, -0.1) is 0 Å². The Balaban J connectivity index is 1.70. The number of amides is 1. The Kier molecular flexibility index (Phi) is 3.98. The minimum Gasteiger partial charge on any atom is -0.376 e. The second-order valence-electron chi connectivity index (χ2n) is 5.77. The molecule has 3 rings (SSSR count). The molecule has 1 N–H and O–H groups in total. The van der Waals surface area contributed by atoms with Gasteiger partial charge in [-0.3, -0.25) is 9.78 Å². The van der Waals surface area contributed by atoms with Crippen LogP contribution < -0.4 is 5.32 Å². The Hall–Kier alpha value is -1.46. The minimum absolute atomic E-state index is 0.0411. The van der Waals surface area contributed by atoms with E-state index in [4.69, 9.17) is 4.74 Å². The quantitative estimate of drug-likeness (QED) is 0.872. The van der Waals surface area contributed by atoms with E-state index >= 15 is 0 Å². The largest absolute Gasteiger partial charge is 0.376 e. The van der Waals surface area contributed by atoms with Crippen LogP contribution in [0.3, 0.4) is 0 Å². The molecule has 0 aliphatic carbocycles. The number of carbonyl (C=O) groups is 1. The zero-order valence-corrected chi connectivity index (χ0v) is 11.8. The third kappa shape index (κ3) is 2.83. The van der Waals surface area contributed by atoms with Crippen molar-refractivity contribution in [1.82, 2.24) is 15.2 Å². The molecule has 1 aromatic rings. The summed E-state index contributed by atoms with van der Waals surface area (Å²) in [5.41, 5.74) is 0.653. The summed E-state index contributed by atoms with van der Waals surface area (Å²) in [5.74, 6) is 0.492. The molecule has 20 heavy (non-hydrogen) atoms. The van der Waals surface area contributed by atoms with Crippen molar-refractivity contribution in [1.29, 1.82) is 0 Å². The van der Waals surface area contributed by atoms with E-state index in [1.54, 1.807) is 24.5 Å². The summed E-state index contributed by atoms with van der Waals surface area (Å²) in [5, 5.41) is 3.13. The van der Waals surface area contributed by atoms with Gasteiger partial charge in [0.15, 0.2) is 0 Å². The number of pyridine rings is 1. The molecule has 0 spiro atoms. The van der Waals surface area contributed by atoms with Crippen LogP contribution in [0.5, 0.6) is 0 Å². The van der Waals surface area contributed by atoms with E-state index in [0.717, 1.165) is 26.1 Å². The molecule has 2 aliphatic heterocycles. The van der Waals surface area contributed by atoms with Crippen molar-refractivity contribution in [2.75, 3.05) is 26.7 Å². The summed E-state index contributed by atoms with van der Waals surface area (Å²) in [6.45, 7) is 2.72. The first kappa shape index (κ1) is 13.5. The van der Waals surface area contributed by atoms with E-state index in [2.05, 4.69) is 22.2 Å². The highest BCUT2D eigenvalue weighted by Crippen LogP contribution is 2.28. The zero-order chi connectivity index (χ0) is 13.9. The van der Waals surface area contributed by atoms with Gasteiger partial charge in [-0.2, -0.15) is 0 Å². The Labute approximate surface area is 119 Å². The third-order valence-corrected chi connectivity index (χ3v) is 4.20. The zero-order valence-electron chi connectivity index (χ0n) is 11.8. The van der Waals surface area contributed by atoms with Gasteiger partial charge in [0.05, 0.1) is 12.1 Å². The molecule has 0 saturated carbocycles. The van der Waals surface area contributed by atoms with Crippen molar-refractivity contribution < 1.29 is 9.53 Å². The molecule has 5 nitrogen and oxygen atoms in total. The SMILES string of the molecule is CN1C[C@@H]2CCCO[C@@H]2[C@H](NC(=O)c2ccncc2)C1. The Morgan fingerprint density at radius 2 is 2.20 bits per heavy atom. The number of likely N-dealkylation sites (tertiary alicyclic amines) is 1. The second-order valence-corrected chi connectivity index (χ2v) is 5.77. The Bertz CT molecular complexity index is 465. The number of hydrogen-bond donors (Lipinski definition) is 1. The van der Waals surface area contributed by atoms with Gasteiger partial charge in [0.2, 0.25) is 0 Å². The molecule has 0 unspecified atom stereocenters. The summed E-state index contributed by atoms with van der Waals surface area (Å²) in [6, 6.07) is 3.54. The predicted octanol–water partition coefficient (Wildman–Crippen LogP) is 0.921. The van der Waals surface area contributed by atoms with Crippen LogP contribution >= 0.6 is 0 Å². The average molecular weight is 275 g/mol. The molecule has 2 fully saturated rings. The number of nitrogens with zero attached hydrogens (tertiary/aromatic N) is 2. The molecule has 1 aromatic heterocycles. The highest BCUT2D eigenvalue weighted by molar-refractivity contribution is 5.94. The first-order chi connectivity index (χ1) is 9.74. The van der Waals surface area contributed by atoms with Gasteiger partial charge in [-0.25, -0.2) is 0 Å². The molecule has 0 radical (unpaired) electrons. The lowest BCUT2D eigenvalue weighted by molar-refractivity contribution is -0.0791. The van der Waals surface area contributed by atoms with Gasteiger partial charge in [-0.1, -0.05) is 0 Å². The van der Waals surface area contributed by atoms with Gasteiger partial charge in [-0.05, 0) is 37.9 Å². The monoisotopic (exact) mass is 275 g/mol. The smallest absolute Gasteiger partial charge is 0.251 e. The summed E-state index contributed by atoms with van der Waals surface area (Å²) in [7, 11) is 2.11. The minimum atomic E-state index is -0.0411. The lowest BCUT2D eigenvalue weighted by Gasteiger charge is -2.44. The topological polar surface area (TPSA) is 54.5 Å². The molecule has 3 atom stereocenters. The molecule has 2 aliphatic rings. The Morgan fingerprint density at radius 1 is 1.40 bits per heavy atom. The highest BCUT2D eigenvalue weighted by Gasteiger charge is 2.38. The van der Waals surface area contributed by atoms with Crippen LogP contribution in [-0.4, -0.2) is 54.7 Å². The summed E-state index contributed by atoms with van der Waals surface area (Å²) in [4.78, 5) is 18.5. The fraction of sp³-hybridized carbons (Fsp3) is 0.600. The fourth-order valence-electron chi connectivity index (χ4n) is 3.30. The van der Waals surface area contributed by atoms with Crippen LogP contribution in [0.15, 0.2) is 24.5 Å². The maximum absolute atomic E-state index is 12.3. The van der Waals surface area contributed by atoms with Crippen molar-refractivity contribution in [3.63, 3.8) is 0 Å². The molecule has 0 aromatic carbocycles. The first-order valence-electron chi connectivity index (χ1n) is 7.25. The molecule has 108 valence electrons. The fourth-order valence-corrected chi connectivity index (χ4v) is 3.30. The number of piperidine rings is 1. The van der Waals surface area contributed by atoms with E-state index in [1.165, 1.54) is 6.42 Å². The maximum atomic E-state index is 12.3. The number of likely N-dealkylation sites (N-methyl/N-ethyl adjacent to an activating group) is 1. The van der Waals surface area contributed by atoms with Gasteiger partial charge in [0, 0.05) is 37.7 Å². The number of nitrogens with one attached hydrogen (secondary N) is 1. The predicted molar refractivity (Wildman–Crippen MR) is 75.5 cm³/mol. The van der Waals surface area contributed by atoms with Crippen LogP contribution in [0.1, 0.15) is 23.2 Å². The van der Waals surface area contributed by atoms with Crippen molar-refractivity contribution in [3.8, 4) is 0 Å². The van der Waals surface area contributed by atoms with Crippen LogP contribution in [0.4, 0.5) is 0 Å². The first-order valence-corrected chi connectivity index (χ1v) is 7.25. The highest BCUT2D eigenvalue weighted by atomic mass is 16.5. The number of rotatable bonds is 2. The number of ether oxygens (including phenoxy) is 1. The molecule has 0 bridgehead atoms. The van der Waals surface area contributed by atoms with Crippen molar-refractivity contribution >= 4 is 5.91 Å². The second kappa shape index (κ2) is 5.89. The summed E-state index contributed by atoms with van der Waals surface area (Å²) in [6.07, 6.45) is 5.76. The van der Waals surface area contributed by atoms with Crippen LogP contribution in [0.2, 0.25) is 0 Å². The molecule has 3 heterocycles. The van der Waals surface area contributed by atoms with E-state index in [-0.39, 0.29) is 18.1 Å². The van der Waals surface area contributed by atoms with Crippen LogP contribution in [0.25, 0.3) is 0 Å². The van der Waals surface area contributed by atoms with Gasteiger partial charge < -0.3 is 15.0 Å². The lowest BCUT2D eigenvalue weighted by Crippen LogP contribution is -2.60. The lowest BCUT2D eigenvalue weighted by atomic mass is 9.85. The van der Waals surface area contributed by atoms with Gasteiger partial charge in [0.1, 0.15) is 0 Å². The van der Waals surface area contributed by atoms with Crippen molar-refractivity contribution in [2.24, 2.45) is 5.92 Å². The molecule has 1 amide bonds. The van der Waals surface area contributed by atoms with Gasteiger partial charge in [0.25, 0.3) is 5.91 Å². The number of fused-ring (bicyclic) bond motifs is 1. The number of hydrogen-bond acceptors (Lipinski definition) is 4. The molecule has 5 heteroatoms. The number of aromatic nitrogens is 1.